The lowest BCUT2D eigenvalue weighted by Crippen LogP contribution is -2.26. The van der Waals surface area contributed by atoms with Crippen molar-refractivity contribution in [2.45, 2.75) is 19.0 Å². The molecule has 0 spiro atoms. The van der Waals surface area contributed by atoms with Crippen LogP contribution in [-0.4, -0.2) is 18.4 Å². The monoisotopic (exact) mass is 304 g/mol. The Morgan fingerprint density at radius 1 is 1.24 bits per heavy atom. The van der Waals surface area contributed by atoms with Crippen LogP contribution in [0, 0.1) is 0 Å². The number of rotatable bonds is 6. The third-order valence-corrected chi connectivity index (χ3v) is 2.63. The van der Waals surface area contributed by atoms with Crippen molar-refractivity contribution >= 4 is 17.5 Å². The number of primary amides is 1. The lowest BCUT2D eigenvalue weighted by atomic mass is 10.1. The van der Waals surface area contributed by atoms with E-state index in [-0.39, 0.29) is 24.2 Å². The van der Waals surface area contributed by atoms with Crippen molar-refractivity contribution in [2.24, 2.45) is 11.6 Å². The van der Waals surface area contributed by atoms with Gasteiger partial charge in [-0.25, -0.2) is 0 Å². The van der Waals surface area contributed by atoms with Crippen LogP contribution in [-0.2, 0) is 11.0 Å². The second-order valence-corrected chi connectivity index (χ2v) is 4.23. The summed E-state index contributed by atoms with van der Waals surface area (Å²) in [5.74, 6) is 3.82. The molecule has 9 heteroatoms. The number of carbonyl (C=O) groups is 2. The molecule has 116 valence electrons. The van der Waals surface area contributed by atoms with Crippen molar-refractivity contribution in [1.82, 2.24) is 5.32 Å². The van der Waals surface area contributed by atoms with E-state index in [1.165, 1.54) is 6.07 Å². The first-order valence-electron chi connectivity index (χ1n) is 6.00. The Morgan fingerprint density at radius 2 is 1.90 bits per heavy atom. The number of alkyl halides is 3. The van der Waals surface area contributed by atoms with Crippen LogP contribution < -0.4 is 22.3 Å². The predicted octanol–water partition coefficient (Wildman–Crippen LogP) is 0.986. The van der Waals surface area contributed by atoms with E-state index in [1.807, 2.05) is 5.43 Å². The van der Waals surface area contributed by atoms with Gasteiger partial charge in [0, 0.05) is 18.5 Å². The Kier molecular flexibility index (Phi) is 5.53. The minimum Gasteiger partial charge on any atom is -0.370 e. The first-order valence-corrected chi connectivity index (χ1v) is 6.00. The molecule has 0 saturated heterocycles. The summed E-state index contributed by atoms with van der Waals surface area (Å²) in [5, 5.41) is 2.40. The largest absolute Gasteiger partial charge is 0.418 e. The van der Waals surface area contributed by atoms with Gasteiger partial charge < -0.3 is 16.5 Å². The van der Waals surface area contributed by atoms with E-state index in [0.717, 1.165) is 6.07 Å². The van der Waals surface area contributed by atoms with Crippen molar-refractivity contribution in [3.05, 3.63) is 29.3 Å². The highest BCUT2D eigenvalue weighted by Crippen LogP contribution is 2.35. The molecule has 0 aromatic heterocycles. The highest BCUT2D eigenvalue weighted by atomic mass is 19.4. The number of hydrazine groups is 1. The molecule has 1 aromatic carbocycles. The number of benzene rings is 1. The molecule has 0 aliphatic rings. The van der Waals surface area contributed by atoms with Crippen LogP contribution in [0.5, 0.6) is 0 Å². The zero-order valence-electron chi connectivity index (χ0n) is 11.0. The number of halogens is 3. The number of anilines is 1. The fraction of sp³-hybridized carbons (Fsp3) is 0.333. The van der Waals surface area contributed by atoms with Gasteiger partial charge in [-0.2, -0.15) is 13.2 Å². The van der Waals surface area contributed by atoms with Gasteiger partial charge in [0.2, 0.25) is 5.91 Å². The fourth-order valence-electron chi connectivity index (χ4n) is 1.61. The maximum Gasteiger partial charge on any atom is 0.418 e. The van der Waals surface area contributed by atoms with Gasteiger partial charge in [0.05, 0.1) is 11.3 Å². The Hall–Kier alpha value is -2.29. The number of amides is 2. The van der Waals surface area contributed by atoms with Crippen LogP contribution in [0.15, 0.2) is 18.2 Å². The summed E-state index contributed by atoms with van der Waals surface area (Å²) >= 11 is 0. The fourth-order valence-corrected chi connectivity index (χ4v) is 1.61. The molecule has 0 bridgehead atoms. The molecule has 0 aliphatic carbocycles. The lowest BCUT2D eigenvalue weighted by Gasteiger charge is -2.14. The molecular weight excluding hydrogens is 289 g/mol. The molecule has 0 aliphatic heterocycles. The van der Waals surface area contributed by atoms with Crippen molar-refractivity contribution < 1.29 is 22.8 Å². The van der Waals surface area contributed by atoms with E-state index >= 15 is 0 Å². The molecule has 6 nitrogen and oxygen atoms in total. The Labute approximate surface area is 118 Å². The zero-order chi connectivity index (χ0) is 16.0. The second kappa shape index (κ2) is 6.93. The van der Waals surface area contributed by atoms with Crippen molar-refractivity contribution in [2.75, 3.05) is 12.0 Å². The van der Waals surface area contributed by atoms with Crippen LogP contribution in [0.2, 0.25) is 0 Å². The molecule has 1 rings (SSSR count). The van der Waals surface area contributed by atoms with Gasteiger partial charge in [-0.3, -0.25) is 15.4 Å². The molecule has 0 fully saturated rings. The molecular formula is C12H15F3N4O2. The number of nitrogens with one attached hydrogen (secondary N) is 2. The predicted molar refractivity (Wildman–Crippen MR) is 70.0 cm³/mol. The highest BCUT2D eigenvalue weighted by Gasteiger charge is 2.34. The van der Waals surface area contributed by atoms with Crippen LogP contribution in [0.3, 0.4) is 0 Å². The van der Waals surface area contributed by atoms with Crippen LogP contribution in [0.4, 0.5) is 18.9 Å². The third-order valence-electron chi connectivity index (χ3n) is 2.63. The van der Waals surface area contributed by atoms with Crippen molar-refractivity contribution in [1.29, 1.82) is 0 Å². The van der Waals surface area contributed by atoms with Gasteiger partial charge in [0.25, 0.3) is 5.91 Å². The summed E-state index contributed by atoms with van der Waals surface area (Å²) in [6.07, 6.45) is -4.23. The molecule has 0 saturated carbocycles. The van der Waals surface area contributed by atoms with Gasteiger partial charge in [-0.1, -0.05) is 0 Å². The van der Waals surface area contributed by atoms with Gasteiger partial charge in [-0.05, 0) is 24.6 Å². The standard InChI is InChI=1S/C12H15F3N4O2/c13-12(14,15)8-6-7(3-4-9(8)19-17)11(21)18-5-1-2-10(16)20/h3-4,6,19H,1-2,5,17H2,(H2,16,20)(H,18,21). The third kappa shape index (κ3) is 4.95. The molecule has 1 aromatic rings. The van der Waals surface area contributed by atoms with E-state index < -0.39 is 23.6 Å². The van der Waals surface area contributed by atoms with Gasteiger partial charge in [0.1, 0.15) is 0 Å². The van der Waals surface area contributed by atoms with E-state index in [9.17, 15) is 22.8 Å². The van der Waals surface area contributed by atoms with Gasteiger partial charge in [0.15, 0.2) is 0 Å². The topological polar surface area (TPSA) is 110 Å². The van der Waals surface area contributed by atoms with Crippen LogP contribution >= 0.6 is 0 Å². The first kappa shape index (κ1) is 16.8. The summed E-state index contributed by atoms with van der Waals surface area (Å²) in [6, 6.07) is 2.99. The Morgan fingerprint density at radius 3 is 2.43 bits per heavy atom. The van der Waals surface area contributed by atoms with E-state index in [0.29, 0.717) is 12.5 Å². The zero-order valence-corrected chi connectivity index (χ0v) is 11.0. The smallest absolute Gasteiger partial charge is 0.370 e. The Balaban J connectivity index is 2.79. The molecule has 0 radical (unpaired) electrons. The van der Waals surface area contributed by atoms with E-state index in [2.05, 4.69) is 5.32 Å². The molecule has 21 heavy (non-hydrogen) atoms. The van der Waals surface area contributed by atoms with Crippen molar-refractivity contribution in [3.63, 3.8) is 0 Å². The number of carbonyl (C=O) groups excluding carboxylic acids is 2. The number of hydrogen-bond acceptors (Lipinski definition) is 4. The molecule has 0 heterocycles. The van der Waals surface area contributed by atoms with Gasteiger partial charge in [-0.15, -0.1) is 0 Å². The summed E-state index contributed by atoms with van der Waals surface area (Å²) < 4.78 is 38.4. The summed E-state index contributed by atoms with van der Waals surface area (Å²) in [4.78, 5) is 22.2. The van der Waals surface area contributed by atoms with Gasteiger partial charge >= 0.3 is 6.18 Å². The molecule has 2 amide bonds. The average Bonchev–Trinajstić information content (AvgIpc) is 2.41. The van der Waals surface area contributed by atoms with E-state index in [4.69, 9.17) is 11.6 Å². The quantitative estimate of drug-likeness (QED) is 0.357. The van der Waals surface area contributed by atoms with Crippen LogP contribution in [0.25, 0.3) is 0 Å². The molecule has 0 unspecified atom stereocenters. The molecule has 6 N–H and O–H groups in total. The number of hydrogen-bond donors (Lipinski definition) is 4. The lowest BCUT2D eigenvalue weighted by molar-refractivity contribution is -0.137. The summed E-state index contributed by atoms with van der Waals surface area (Å²) in [5.41, 5.74) is 5.34. The first-order chi connectivity index (χ1) is 9.75. The maximum atomic E-state index is 12.8. The highest BCUT2D eigenvalue weighted by molar-refractivity contribution is 5.95. The van der Waals surface area contributed by atoms with Crippen LogP contribution in [0.1, 0.15) is 28.8 Å². The van der Waals surface area contributed by atoms with E-state index in [1.54, 1.807) is 0 Å². The normalized spacial score (nSPS) is 11.0. The maximum absolute atomic E-state index is 12.8. The summed E-state index contributed by atoms with van der Waals surface area (Å²) in [6.45, 7) is 0.139. The minimum atomic E-state index is -4.63. The summed E-state index contributed by atoms with van der Waals surface area (Å²) in [7, 11) is 0. The second-order valence-electron chi connectivity index (χ2n) is 4.23. The SMILES string of the molecule is NNc1ccc(C(=O)NCCCC(N)=O)cc1C(F)(F)F. The number of nitrogen functional groups attached to an aromatic ring is 1. The minimum absolute atomic E-state index is 0.0874. The average molecular weight is 304 g/mol. The number of nitrogens with two attached hydrogens (primary N) is 2. The Bertz CT molecular complexity index is 532. The molecule has 0 atom stereocenters. The van der Waals surface area contributed by atoms with Crippen molar-refractivity contribution in [3.8, 4) is 0 Å².